The van der Waals surface area contributed by atoms with Crippen LogP contribution in [0.2, 0.25) is 0 Å². The second-order valence-corrected chi connectivity index (χ2v) is 7.30. The van der Waals surface area contributed by atoms with Crippen LogP contribution in [0.5, 0.6) is 28.7 Å². The molecule has 2 aromatic rings. The van der Waals surface area contributed by atoms with Crippen LogP contribution in [0.4, 0.5) is 0 Å². The van der Waals surface area contributed by atoms with E-state index in [9.17, 15) is 35.7 Å². The zero-order valence-corrected chi connectivity index (χ0v) is 15.6. The Morgan fingerprint density at radius 2 is 1.70 bits per heavy atom. The Morgan fingerprint density at radius 3 is 2.37 bits per heavy atom. The van der Waals surface area contributed by atoms with E-state index in [0.717, 1.165) is 0 Å². The molecule has 7 N–H and O–H groups in total. The third kappa shape index (κ3) is 3.59. The molecule has 0 unspecified atom stereocenters. The minimum absolute atomic E-state index is 0.0571. The maximum atomic E-state index is 10.5. The van der Waals surface area contributed by atoms with Gasteiger partial charge in [0.1, 0.15) is 41.7 Å². The number of ether oxygens (including phenoxy) is 3. The van der Waals surface area contributed by atoms with Gasteiger partial charge in [-0.15, -0.1) is 0 Å². The van der Waals surface area contributed by atoms with Crippen LogP contribution < -0.4 is 9.47 Å². The van der Waals surface area contributed by atoms with Crippen molar-refractivity contribution in [3.63, 3.8) is 0 Å². The van der Waals surface area contributed by atoms with E-state index in [4.69, 9.17) is 14.2 Å². The van der Waals surface area contributed by atoms with E-state index in [2.05, 4.69) is 0 Å². The summed E-state index contributed by atoms with van der Waals surface area (Å²) in [6, 6.07) is 6.73. The summed E-state index contributed by atoms with van der Waals surface area (Å²) in [6.07, 6.45) is -6.86. The van der Waals surface area contributed by atoms with Crippen LogP contribution in [-0.4, -0.2) is 73.1 Å². The van der Waals surface area contributed by atoms with Gasteiger partial charge >= 0.3 is 0 Å². The number of hydrogen-bond donors (Lipinski definition) is 7. The van der Waals surface area contributed by atoms with Crippen LogP contribution in [-0.2, 0) is 11.2 Å². The fourth-order valence-electron chi connectivity index (χ4n) is 3.62. The number of aromatic hydroxyl groups is 3. The number of phenolic OH excluding ortho intramolecular Hbond substituents is 3. The van der Waals surface area contributed by atoms with Gasteiger partial charge in [-0.25, -0.2) is 0 Å². The summed E-state index contributed by atoms with van der Waals surface area (Å²) in [5.74, 6) is -0.598. The monoisotopic (exact) mass is 422 g/mol. The Morgan fingerprint density at radius 1 is 0.933 bits per heavy atom. The first-order valence-electron chi connectivity index (χ1n) is 9.30. The highest BCUT2D eigenvalue weighted by Crippen LogP contribution is 2.43. The summed E-state index contributed by atoms with van der Waals surface area (Å²) in [6.45, 7) is -0.504. The zero-order chi connectivity index (χ0) is 21.6. The van der Waals surface area contributed by atoms with Crippen LogP contribution >= 0.6 is 0 Å². The molecule has 10 nitrogen and oxygen atoms in total. The molecule has 0 aliphatic carbocycles. The van der Waals surface area contributed by atoms with Crippen molar-refractivity contribution in [3.05, 3.63) is 41.5 Å². The average Bonchev–Trinajstić information content (AvgIpc) is 2.98. The second kappa shape index (κ2) is 7.82. The molecule has 2 aromatic carbocycles. The van der Waals surface area contributed by atoms with Crippen LogP contribution in [0.15, 0.2) is 30.3 Å². The minimum Gasteiger partial charge on any atom is -0.507 e. The predicted molar refractivity (Wildman–Crippen MR) is 99.3 cm³/mol. The van der Waals surface area contributed by atoms with E-state index >= 15 is 0 Å². The van der Waals surface area contributed by atoms with Crippen molar-refractivity contribution in [1.82, 2.24) is 0 Å². The normalized spacial score (nSPS) is 30.5. The van der Waals surface area contributed by atoms with E-state index < -0.39 is 43.4 Å². The Labute approximate surface area is 170 Å². The largest absolute Gasteiger partial charge is 0.507 e. The van der Waals surface area contributed by atoms with E-state index in [1.807, 2.05) is 0 Å². The molecule has 0 spiro atoms. The fraction of sp³-hybridized carbons (Fsp3) is 0.400. The third-order valence-corrected chi connectivity index (χ3v) is 5.25. The number of phenols is 3. The Hall–Kier alpha value is -2.76. The van der Waals surface area contributed by atoms with Crippen LogP contribution in [0.25, 0.3) is 0 Å². The molecule has 2 aliphatic heterocycles. The van der Waals surface area contributed by atoms with Gasteiger partial charge in [0.05, 0.1) is 12.7 Å². The van der Waals surface area contributed by atoms with Crippen molar-refractivity contribution in [2.24, 2.45) is 0 Å². The van der Waals surface area contributed by atoms with Crippen molar-refractivity contribution in [1.29, 1.82) is 0 Å². The highest BCUT2D eigenvalue weighted by Gasteiger charge is 2.44. The molecule has 162 valence electrons. The summed E-state index contributed by atoms with van der Waals surface area (Å²) in [5.41, 5.74) is 0.757. The summed E-state index contributed by atoms with van der Waals surface area (Å²) in [4.78, 5) is 0. The van der Waals surface area contributed by atoms with E-state index in [0.29, 0.717) is 11.1 Å². The SMILES string of the molecule is OC[C@H]1O[C@H](Oc2cc(O)c3c(c2)O[C@H](c2ccc(O)c(O)c2)[C@@H](O)C3)[C@H](O)[C@H]1O. The molecule has 0 bridgehead atoms. The lowest BCUT2D eigenvalue weighted by atomic mass is 9.94. The molecule has 10 heteroatoms. The topological polar surface area (TPSA) is 169 Å². The number of aliphatic hydroxyl groups is 4. The molecule has 1 saturated heterocycles. The van der Waals surface area contributed by atoms with Crippen LogP contribution in [0, 0.1) is 0 Å². The molecule has 0 saturated carbocycles. The van der Waals surface area contributed by atoms with Crippen molar-refractivity contribution >= 4 is 0 Å². The van der Waals surface area contributed by atoms with Crippen molar-refractivity contribution in [2.45, 2.75) is 43.2 Å². The molecule has 0 amide bonds. The third-order valence-electron chi connectivity index (χ3n) is 5.25. The lowest BCUT2D eigenvalue weighted by Gasteiger charge is -2.32. The number of hydrogen-bond acceptors (Lipinski definition) is 10. The van der Waals surface area contributed by atoms with Gasteiger partial charge in [0.2, 0.25) is 6.29 Å². The summed E-state index contributed by atoms with van der Waals surface area (Å²) < 4.78 is 16.6. The van der Waals surface area contributed by atoms with Gasteiger partial charge in [-0.1, -0.05) is 6.07 Å². The maximum absolute atomic E-state index is 10.5. The van der Waals surface area contributed by atoms with Gasteiger partial charge in [0.25, 0.3) is 0 Å². The van der Waals surface area contributed by atoms with Crippen molar-refractivity contribution in [2.75, 3.05) is 6.61 Å². The second-order valence-electron chi connectivity index (χ2n) is 7.30. The molecule has 0 radical (unpaired) electrons. The Bertz CT molecular complexity index is 932. The molecule has 4 rings (SSSR count). The molecule has 2 aliphatic rings. The highest BCUT2D eigenvalue weighted by molar-refractivity contribution is 5.52. The van der Waals surface area contributed by atoms with E-state index in [-0.39, 0.29) is 35.2 Å². The smallest absolute Gasteiger partial charge is 0.229 e. The molecular weight excluding hydrogens is 400 g/mol. The highest BCUT2D eigenvalue weighted by atomic mass is 16.7. The Kier molecular flexibility index (Phi) is 5.35. The van der Waals surface area contributed by atoms with Gasteiger partial charge in [-0.3, -0.25) is 0 Å². The first kappa shape index (κ1) is 20.5. The molecule has 1 fully saturated rings. The number of rotatable bonds is 4. The molecular formula is C20H22O10. The number of fused-ring (bicyclic) bond motifs is 1. The summed E-state index contributed by atoms with van der Waals surface area (Å²) >= 11 is 0. The lowest BCUT2D eigenvalue weighted by molar-refractivity contribution is -0.116. The van der Waals surface area contributed by atoms with E-state index in [1.54, 1.807) is 0 Å². The van der Waals surface area contributed by atoms with Crippen LogP contribution in [0.3, 0.4) is 0 Å². The van der Waals surface area contributed by atoms with Gasteiger partial charge in [-0.05, 0) is 17.7 Å². The summed E-state index contributed by atoms with van der Waals surface area (Å²) in [7, 11) is 0. The molecule has 2 heterocycles. The van der Waals surface area contributed by atoms with Gasteiger partial charge in [0, 0.05) is 24.1 Å². The first-order chi connectivity index (χ1) is 14.3. The molecule has 0 aromatic heterocycles. The fourth-order valence-corrected chi connectivity index (χ4v) is 3.62. The molecule has 30 heavy (non-hydrogen) atoms. The minimum atomic E-state index is -1.41. The predicted octanol–water partition coefficient (Wildman–Crippen LogP) is -0.342. The van der Waals surface area contributed by atoms with Crippen molar-refractivity contribution < 1.29 is 50.0 Å². The quantitative estimate of drug-likeness (QED) is 0.324. The van der Waals surface area contributed by atoms with Gasteiger partial charge in [-0.2, -0.15) is 0 Å². The number of aliphatic hydroxyl groups excluding tert-OH is 4. The number of benzene rings is 2. The Balaban J connectivity index is 1.59. The molecule has 6 atom stereocenters. The van der Waals surface area contributed by atoms with Gasteiger partial charge in [0.15, 0.2) is 11.5 Å². The lowest BCUT2D eigenvalue weighted by Crippen LogP contribution is -2.35. The standard InChI is InChI=1S/C20H22O10/c21-7-16-17(26)18(27)20(30-16)28-9-4-12(23)10-6-14(25)19(29-15(10)5-9)8-1-2-11(22)13(24)3-8/h1-5,14,16-27H,6-7H2/t14-,16+,17-,18+,19+,20-/m0/s1. The summed E-state index contributed by atoms with van der Waals surface area (Å²) in [5, 5.41) is 69.0. The van der Waals surface area contributed by atoms with Gasteiger partial charge < -0.3 is 50.0 Å². The van der Waals surface area contributed by atoms with Crippen molar-refractivity contribution in [3.8, 4) is 28.7 Å². The first-order valence-corrected chi connectivity index (χ1v) is 9.30. The average molecular weight is 422 g/mol. The zero-order valence-electron chi connectivity index (χ0n) is 15.6. The van der Waals surface area contributed by atoms with Crippen LogP contribution in [0.1, 0.15) is 17.2 Å². The maximum Gasteiger partial charge on any atom is 0.229 e. The van der Waals surface area contributed by atoms with E-state index in [1.165, 1.54) is 30.3 Å².